The first-order chi connectivity index (χ1) is 7.11. The number of aromatic carboxylic acids is 1. The molecule has 0 aliphatic carbocycles. The lowest BCUT2D eigenvalue weighted by Crippen LogP contribution is -2.13. The van der Waals surface area contributed by atoms with Crippen LogP contribution in [0.1, 0.15) is 10.4 Å². The van der Waals surface area contributed by atoms with Crippen LogP contribution in [-0.2, 0) is 0 Å². The van der Waals surface area contributed by atoms with Crippen LogP contribution >= 0.6 is 0 Å². The molecule has 15 heavy (non-hydrogen) atoms. The van der Waals surface area contributed by atoms with E-state index in [-0.39, 0.29) is 11.4 Å². The topological polar surface area (TPSA) is 101 Å². The summed E-state index contributed by atoms with van der Waals surface area (Å²) in [6.07, 6.45) is 1.35. The first-order valence-electron chi connectivity index (χ1n) is 3.94. The summed E-state index contributed by atoms with van der Waals surface area (Å²) in [6.45, 7) is 0. The van der Waals surface area contributed by atoms with E-state index >= 15 is 0 Å². The fraction of sp³-hybridized carbons (Fsp3) is 0. The van der Waals surface area contributed by atoms with Crippen molar-refractivity contribution in [2.75, 3.05) is 5.43 Å². The Morgan fingerprint density at radius 3 is 2.60 bits per heavy atom. The van der Waals surface area contributed by atoms with Crippen molar-refractivity contribution in [3.8, 4) is 0 Å². The zero-order valence-electron chi connectivity index (χ0n) is 7.30. The molecule has 0 amide bonds. The summed E-state index contributed by atoms with van der Waals surface area (Å²) in [6, 6.07) is 2.76. The van der Waals surface area contributed by atoms with Crippen molar-refractivity contribution in [1.29, 1.82) is 0 Å². The minimum atomic E-state index is -1.19. The molecule has 0 spiro atoms. The third-order valence-corrected chi connectivity index (χ3v) is 1.79. The Kier molecular flexibility index (Phi) is 1.86. The summed E-state index contributed by atoms with van der Waals surface area (Å²) in [5, 5.41) is 8.76. The van der Waals surface area contributed by atoms with Crippen LogP contribution < -0.4 is 16.5 Å². The molecule has 0 bridgehead atoms. The van der Waals surface area contributed by atoms with Gasteiger partial charge in [0, 0.05) is 6.20 Å². The average molecular weight is 207 g/mol. The molecule has 0 saturated heterocycles. The van der Waals surface area contributed by atoms with Gasteiger partial charge >= 0.3 is 17.1 Å². The van der Waals surface area contributed by atoms with Crippen LogP contribution in [0.25, 0.3) is 0 Å². The Bertz CT molecular complexity index is 569. The Balaban J connectivity index is 2.37. The normalized spacial score (nSPS) is 10.4. The van der Waals surface area contributed by atoms with Gasteiger partial charge in [-0.3, -0.25) is 15.0 Å². The zero-order valence-corrected chi connectivity index (χ0v) is 7.30. The van der Waals surface area contributed by atoms with E-state index in [2.05, 4.69) is 10.4 Å². The smallest absolute Gasteiger partial charge is 0.340 e. The molecule has 0 atom stereocenters. The molecule has 0 aliphatic rings. The highest BCUT2D eigenvalue weighted by molar-refractivity contribution is 5.92. The lowest BCUT2D eigenvalue weighted by Gasteiger charge is -2.03. The summed E-state index contributed by atoms with van der Waals surface area (Å²) in [5.74, 6) is -1.23. The molecule has 2 rings (SSSR count). The molecule has 2 aromatic heterocycles. The van der Waals surface area contributed by atoms with Crippen LogP contribution in [0.2, 0.25) is 0 Å². The van der Waals surface area contributed by atoms with Crippen LogP contribution in [-0.4, -0.2) is 20.7 Å². The number of aromatic nitrogens is 2. The Morgan fingerprint density at radius 1 is 1.40 bits per heavy atom. The highest BCUT2D eigenvalue weighted by Gasteiger charge is 2.19. The number of hydrogen-bond acceptors (Lipinski definition) is 5. The van der Waals surface area contributed by atoms with Crippen molar-refractivity contribution in [2.45, 2.75) is 0 Å². The molecule has 0 unspecified atom stereocenters. The summed E-state index contributed by atoms with van der Waals surface area (Å²) >= 11 is 0. The summed E-state index contributed by atoms with van der Waals surface area (Å²) in [5.41, 5.74) is 0.779. The predicted molar refractivity (Wildman–Crippen MR) is 49.6 cm³/mol. The van der Waals surface area contributed by atoms with Crippen molar-refractivity contribution in [3.05, 3.63) is 44.6 Å². The van der Waals surface area contributed by atoms with Gasteiger partial charge in [-0.1, -0.05) is 0 Å². The molecule has 0 saturated carbocycles. The number of hydrogen-bond donors (Lipinski definition) is 2. The lowest BCUT2D eigenvalue weighted by atomic mass is 10.2. The van der Waals surface area contributed by atoms with Crippen LogP contribution in [0, 0.1) is 0 Å². The average Bonchev–Trinajstić information content (AvgIpc) is 2.76. The standard InChI is InChI=1S/C8H5N3O4/c12-6-7(13)11(6)10-5-4(8(14)15)2-1-3-9-5/h1-3H,(H,9,10)(H,14,15). The van der Waals surface area contributed by atoms with Gasteiger partial charge in [0.05, 0.1) is 0 Å². The lowest BCUT2D eigenvalue weighted by molar-refractivity contribution is 0.0697. The monoisotopic (exact) mass is 207 g/mol. The fourth-order valence-corrected chi connectivity index (χ4v) is 1.01. The Hall–Kier alpha value is -2.44. The minimum absolute atomic E-state index is 0.0378. The number of pyridine rings is 1. The molecule has 7 heteroatoms. The van der Waals surface area contributed by atoms with Gasteiger partial charge in [-0.15, -0.1) is 0 Å². The maximum Gasteiger partial charge on any atom is 0.340 e. The van der Waals surface area contributed by atoms with Gasteiger partial charge < -0.3 is 5.11 Å². The number of carboxylic acids is 1. The predicted octanol–water partition coefficient (Wildman–Crippen LogP) is -0.948. The third-order valence-electron chi connectivity index (χ3n) is 1.79. The molecule has 2 heterocycles. The maximum atomic E-state index is 10.7. The number of nitrogens with one attached hydrogen (secondary N) is 1. The van der Waals surface area contributed by atoms with E-state index in [1.165, 1.54) is 18.3 Å². The molecular weight excluding hydrogens is 202 g/mol. The second-order valence-electron chi connectivity index (χ2n) is 2.76. The molecule has 0 radical (unpaired) electrons. The van der Waals surface area contributed by atoms with E-state index in [0.717, 1.165) is 0 Å². The SMILES string of the molecule is O=C(O)c1cccnc1Nn1c(=O)c1=O. The molecule has 76 valence electrons. The van der Waals surface area contributed by atoms with Gasteiger partial charge in [0.25, 0.3) is 0 Å². The maximum absolute atomic E-state index is 10.7. The van der Waals surface area contributed by atoms with E-state index in [1.807, 2.05) is 0 Å². The van der Waals surface area contributed by atoms with Crippen molar-refractivity contribution in [3.63, 3.8) is 0 Å². The number of anilines is 1. The van der Waals surface area contributed by atoms with Gasteiger partial charge in [0.15, 0.2) is 5.82 Å². The Morgan fingerprint density at radius 2 is 2.07 bits per heavy atom. The van der Waals surface area contributed by atoms with Gasteiger partial charge in [-0.25, -0.2) is 9.78 Å². The van der Waals surface area contributed by atoms with Crippen molar-refractivity contribution >= 4 is 11.8 Å². The zero-order chi connectivity index (χ0) is 11.0. The van der Waals surface area contributed by atoms with Crippen molar-refractivity contribution in [1.82, 2.24) is 9.66 Å². The highest BCUT2D eigenvalue weighted by atomic mass is 16.4. The molecule has 0 aliphatic heterocycles. The second-order valence-corrected chi connectivity index (χ2v) is 2.76. The molecule has 7 nitrogen and oxygen atoms in total. The summed E-state index contributed by atoms with van der Waals surface area (Å²) in [7, 11) is 0. The van der Waals surface area contributed by atoms with Gasteiger partial charge in [-0.05, 0) is 12.1 Å². The van der Waals surface area contributed by atoms with Crippen LogP contribution in [0.3, 0.4) is 0 Å². The van der Waals surface area contributed by atoms with E-state index in [4.69, 9.17) is 5.11 Å². The molecular formula is C8H5N3O4. The molecule has 2 N–H and O–H groups in total. The van der Waals surface area contributed by atoms with Crippen molar-refractivity contribution < 1.29 is 9.90 Å². The van der Waals surface area contributed by atoms with E-state index in [9.17, 15) is 14.4 Å². The first-order valence-corrected chi connectivity index (χ1v) is 3.94. The van der Waals surface area contributed by atoms with Crippen LogP contribution in [0.5, 0.6) is 0 Å². The van der Waals surface area contributed by atoms with Crippen LogP contribution in [0.15, 0.2) is 27.9 Å². The number of carbonyl (C=O) groups is 1. The fourth-order valence-electron chi connectivity index (χ4n) is 1.01. The molecule has 0 aromatic carbocycles. The van der Waals surface area contributed by atoms with E-state index in [1.54, 1.807) is 0 Å². The largest absolute Gasteiger partial charge is 0.478 e. The number of rotatable bonds is 3. The van der Waals surface area contributed by atoms with E-state index in [0.29, 0.717) is 4.68 Å². The number of nitrogens with zero attached hydrogens (tertiary/aromatic N) is 2. The van der Waals surface area contributed by atoms with Gasteiger partial charge in [-0.2, -0.15) is 4.68 Å². The van der Waals surface area contributed by atoms with E-state index < -0.39 is 17.1 Å². The summed E-state index contributed by atoms with van der Waals surface area (Å²) < 4.78 is 0.689. The molecule has 2 aromatic rings. The first kappa shape index (κ1) is 9.13. The Labute approximate surface area is 82.3 Å². The quantitative estimate of drug-likeness (QED) is 0.629. The third kappa shape index (κ3) is 1.50. The van der Waals surface area contributed by atoms with Crippen LogP contribution in [0.4, 0.5) is 5.82 Å². The van der Waals surface area contributed by atoms with Gasteiger partial charge in [0.1, 0.15) is 5.56 Å². The second kappa shape index (κ2) is 3.05. The highest BCUT2D eigenvalue weighted by Crippen LogP contribution is 2.10. The van der Waals surface area contributed by atoms with Gasteiger partial charge in [0.2, 0.25) is 0 Å². The number of carboxylic acid groups (broad SMARTS) is 1. The minimum Gasteiger partial charge on any atom is -0.478 e. The molecule has 0 fully saturated rings. The summed E-state index contributed by atoms with van der Waals surface area (Å²) in [4.78, 5) is 35.7. The van der Waals surface area contributed by atoms with Crippen molar-refractivity contribution in [2.24, 2.45) is 0 Å².